The molecular formula is C19H27NO. The van der Waals surface area contributed by atoms with Gasteiger partial charge in [0, 0.05) is 12.1 Å². The number of aryl methyl sites for hydroxylation is 1. The zero-order valence-electron chi connectivity index (χ0n) is 12.9. The molecule has 1 saturated carbocycles. The number of hydrogen-bond donors (Lipinski definition) is 1. The van der Waals surface area contributed by atoms with Crippen molar-refractivity contribution in [3.05, 3.63) is 29.3 Å². The quantitative estimate of drug-likeness (QED) is 0.869. The molecule has 2 nitrogen and oxygen atoms in total. The van der Waals surface area contributed by atoms with E-state index in [2.05, 4.69) is 11.0 Å². The number of hydrogen-bond acceptors (Lipinski definition) is 2. The molecule has 0 aromatic heterocycles. The molecule has 1 heterocycles. The highest BCUT2D eigenvalue weighted by molar-refractivity contribution is 5.38. The summed E-state index contributed by atoms with van der Waals surface area (Å²) in [4.78, 5) is 2.81. The van der Waals surface area contributed by atoms with Crippen molar-refractivity contribution in [2.24, 2.45) is 5.92 Å². The third-order valence-corrected chi connectivity index (χ3v) is 6.10. The van der Waals surface area contributed by atoms with E-state index < -0.39 is 0 Å². The van der Waals surface area contributed by atoms with Gasteiger partial charge in [-0.3, -0.25) is 4.90 Å². The van der Waals surface area contributed by atoms with Gasteiger partial charge in [0.1, 0.15) is 5.75 Å². The van der Waals surface area contributed by atoms with Crippen LogP contribution >= 0.6 is 0 Å². The van der Waals surface area contributed by atoms with E-state index in [0.717, 1.165) is 12.0 Å². The highest BCUT2D eigenvalue weighted by atomic mass is 16.3. The predicted octanol–water partition coefficient (Wildman–Crippen LogP) is 4.42. The van der Waals surface area contributed by atoms with Crippen LogP contribution in [0.3, 0.4) is 0 Å². The number of benzene rings is 1. The van der Waals surface area contributed by atoms with Gasteiger partial charge in [-0.1, -0.05) is 18.9 Å². The summed E-state index contributed by atoms with van der Waals surface area (Å²) in [5, 5.41) is 9.91. The van der Waals surface area contributed by atoms with Crippen LogP contribution in [0.1, 0.15) is 68.5 Å². The molecular weight excluding hydrogens is 258 g/mol. The van der Waals surface area contributed by atoms with E-state index in [4.69, 9.17) is 0 Å². The summed E-state index contributed by atoms with van der Waals surface area (Å²) in [6.07, 6.45) is 12.3. The molecule has 1 N–H and O–H groups in total. The van der Waals surface area contributed by atoms with Gasteiger partial charge < -0.3 is 5.11 Å². The topological polar surface area (TPSA) is 23.5 Å². The van der Waals surface area contributed by atoms with Crippen molar-refractivity contribution >= 4 is 0 Å². The summed E-state index contributed by atoms with van der Waals surface area (Å²) in [7, 11) is 0. The number of phenols is 1. The molecule has 0 bridgehead atoms. The molecule has 1 aromatic carbocycles. The molecule has 4 rings (SSSR count). The first-order valence-corrected chi connectivity index (χ1v) is 8.90. The smallest absolute Gasteiger partial charge is 0.115 e. The van der Waals surface area contributed by atoms with Crippen molar-refractivity contribution in [1.29, 1.82) is 0 Å². The van der Waals surface area contributed by atoms with Gasteiger partial charge in [0.25, 0.3) is 0 Å². The second kappa shape index (κ2) is 5.64. The molecule has 3 aliphatic rings. The molecule has 2 atom stereocenters. The first-order valence-electron chi connectivity index (χ1n) is 8.90. The van der Waals surface area contributed by atoms with Gasteiger partial charge in [-0.05, 0) is 80.7 Å². The molecule has 1 saturated heterocycles. The minimum Gasteiger partial charge on any atom is -0.508 e. The van der Waals surface area contributed by atoms with E-state index in [-0.39, 0.29) is 0 Å². The maximum absolute atomic E-state index is 9.91. The van der Waals surface area contributed by atoms with Crippen LogP contribution in [0.5, 0.6) is 5.75 Å². The fraction of sp³-hybridized carbons (Fsp3) is 0.684. The summed E-state index contributed by atoms with van der Waals surface area (Å²) in [6, 6.07) is 7.43. The van der Waals surface area contributed by atoms with Gasteiger partial charge in [-0.2, -0.15) is 0 Å². The van der Waals surface area contributed by atoms with Gasteiger partial charge >= 0.3 is 0 Å². The summed E-state index contributed by atoms with van der Waals surface area (Å²) in [5.41, 5.74) is 2.90. The fourth-order valence-corrected chi connectivity index (χ4v) is 5.16. The van der Waals surface area contributed by atoms with E-state index >= 15 is 0 Å². The second-order valence-electron chi connectivity index (χ2n) is 7.28. The molecule has 2 aliphatic carbocycles. The van der Waals surface area contributed by atoms with Crippen LogP contribution in [0, 0.1) is 5.92 Å². The van der Waals surface area contributed by atoms with E-state index in [1.165, 1.54) is 75.5 Å². The third kappa shape index (κ3) is 2.48. The maximum Gasteiger partial charge on any atom is 0.115 e. The van der Waals surface area contributed by atoms with Gasteiger partial charge in [0.05, 0.1) is 0 Å². The highest BCUT2D eigenvalue weighted by Crippen LogP contribution is 2.43. The molecule has 2 heteroatoms. The average Bonchev–Trinajstić information content (AvgIpc) is 3.17. The van der Waals surface area contributed by atoms with Crippen LogP contribution < -0.4 is 0 Å². The minimum atomic E-state index is 0.442. The van der Waals surface area contributed by atoms with E-state index in [0.29, 0.717) is 11.8 Å². The Kier molecular flexibility index (Phi) is 3.66. The summed E-state index contributed by atoms with van der Waals surface area (Å²) in [6.45, 7) is 1.26. The molecule has 2 unspecified atom stereocenters. The molecule has 1 aromatic rings. The number of nitrogens with zero attached hydrogens (tertiary/aromatic N) is 1. The van der Waals surface area contributed by atoms with Gasteiger partial charge in [-0.25, -0.2) is 0 Å². The van der Waals surface area contributed by atoms with Crippen LogP contribution in [-0.4, -0.2) is 22.6 Å². The SMILES string of the molecule is Oc1ccc2c(c1)C(N1CCCC1C1CCCC1)CCC2. The Bertz CT molecular complexity index is 506. The van der Waals surface area contributed by atoms with Gasteiger partial charge in [0.2, 0.25) is 0 Å². The highest BCUT2D eigenvalue weighted by Gasteiger charge is 2.38. The summed E-state index contributed by atoms with van der Waals surface area (Å²) >= 11 is 0. The van der Waals surface area contributed by atoms with Crippen LogP contribution in [0.15, 0.2) is 18.2 Å². The maximum atomic E-state index is 9.91. The largest absolute Gasteiger partial charge is 0.508 e. The number of fused-ring (bicyclic) bond motifs is 1. The molecule has 0 amide bonds. The van der Waals surface area contributed by atoms with Crippen LogP contribution in [0.4, 0.5) is 0 Å². The van der Waals surface area contributed by atoms with Crippen molar-refractivity contribution in [2.75, 3.05) is 6.54 Å². The lowest BCUT2D eigenvalue weighted by atomic mass is 9.85. The number of rotatable bonds is 2. The van der Waals surface area contributed by atoms with Crippen molar-refractivity contribution in [3.63, 3.8) is 0 Å². The third-order valence-electron chi connectivity index (χ3n) is 6.10. The lowest BCUT2D eigenvalue weighted by molar-refractivity contribution is 0.122. The van der Waals surface area contributed by atoms with Crippen molar-refractivity contribution in [1.82, 2.24) is 4.90 Å². The van der Waals surface area contributed by atoms with E-state index in [1.807, 2.05) is 12.1 Å². The minimum absolute atomic E-state index is 0.442. The van der Waals surface area contributed by atoms with Gasteiger partial charge in [0.15, 0.2) is 0 Å². The van der Waals surface area contributed by atoms with Crippen LogP contribution in [-0.2, 0) is 6.42 Å². The molecule has 0 spiro atoms. The first-order chi connectivity index (χ1) is 10.3. The lowest BCUT2D eigenvalue weighted by Crippen LogP contribution is -2.39. The van der Waals surface area contributed by atoms with Crippen LogP contribution in [0.25, 0.3) is 0 Å². The Morgan fingerprint density at radius 3 is 2.67 bits per heavy atom. The first kappa shape index (κ1) is 13.6. The molecule has 1 aliphatic heterocycles. The average molecular weight is 285 g/mol. The zero-order valence-corrected chi connectivity index (χ0v) is 12.9. The fourth-order valence-electron chi connectivity index (χ4n) is 5.16. The second-order valence-corrected chi connectivity index (χ2v) is 7.28. The number of likely N-dealkylation sites (tertiary alicyclic amines) is 1. The van der Waals surface area contributed by atoms with Crippen molar-refractivity contribution in [3.8, 4) is 5.75 Å². The normalized spacial score (nSPS) is 30.7. The zero-order chi connectivity index (χ0) is 14.2. The van der Waals surface area contributed by atoms with Gasteiger partial charge in [-0.15, -0.1) is 0 Å². The lowest BCUT2D eigenvalue weighted by Gasteiger charge is -2.39. The van der Waals surface area contributed by atoms with Crippen molar-refractivity contribution < 1.29 is 5.11 Å². The molecule has 21 heavy (non-hydrogen) atoms. The number of phenolic OH excluding ortho intramolecular Hbond substituents is 1. The Morgan fingerprint density at radius 1 is 0.952 bits per heavy atom. The number of aromatic hydroxyl groups is 1. The molecule has 114 valence electrons. The van der Waals surface area contributed by atoms with E-state index in [1.54, 1.807) is 0 Å². The van der Waals surface area contributed by atoms with Crippen molar-refractivity contribution in [2.45, 2.75) is 69.9 Å². The summed E-state index contributed by atoms with van der Waals surface area (Å²) < 4.78 is 0. The Hall–Kier alpha value is -1.02. The predicted molar refractivity (Wildman–Crippen MR) is 85.5 cm³/mol. The Morgan fingerprint density at radius 2 is 1.81 bits per heavy atom. The summed E-state index contributed by atoms with van der Waals surface area (Å²) in [5.74, 6) is 1.38. The standard InChI is InChI=1S/C19H27NO/c21-16-11-10-14-7-3-8-19(17(14)13-16)20-12-4-9-18(20)15-5-1-2-6-15/h10-11,13,15,18-19,21H,1-9,12H2. The molecule has 0 radical (unpaired) electrons. The molecule has 2 fully saturated rings. The Labute approximate surface area is 128 Å². The monoisotopic (exact) mass is 285 g/mol. The van der Waals surface area contributed by atoms with Crippen LogP contribution in [0.2, 0.25) is 0 Å². The van der Waals surface area contributed by atoms with E-state index in [9.17, 15) is 5.11 Å². The Balaban J connectivity index is 1.62.